The van der Waals surface area contributed by atoms with Gasteiger partial charge >= 0.3 is 5.97 Å². The number of aliphatic carboxylic acids is 2. The SMILES string of the molecule is C[C@@H](CC(=O)O)C(=O)[O-]. The van der Waals surface area contributed by atoms with Crippen molar-refractivity contribution < 1.29 is 19.8 Å². The third kappa shape index (κ3) is 3.52. The zero-order valence-corrected chi connectivity index (χ0v) is 4.96. The molecule has 0 aliphatic carbocycles. The predicted octanol–water partition coefficient (Wildman–Crippen LogP) is -1.15. The van der Waals surface area contributed by atoms with Gasteiger partial charge in [0, 0.05) is 11.9 Å². The Labute approximate surface area is 52.1 Å². The molecule has 9 heavy (non-hydrogen) atoms. The summed E-state index contributed by atoms with van der Waals surface area (Å²) in [4.78, 5) is 19.7. The first-order valence-corrected chi connectivity index (χ1v) is 2.46. The van der Waals surface area contributed by atoms with E-state index in [1.807, 2.05) is 0 Å². The van der Waals surface area contributed by atoms with Crippen molar-refractivity contribution in [2.24, 2.45) is 5.92 Å². The van der Waals surface area contributed by atoms with Crippen LogP contribution in [0.4, 0.5) is 0 Å². The van der Waals surface area contributed by atoms with Crippen molar-refractivity contribution in [2.75, 3.05) is 0 Å². The first-order chi connectivity index (χ1) is 4.04. The van der Waals surface area contributed by atoms with E-state index in [0.717, 1.165) is 0 Å². The van der Waals surface area contributed by atoms with Crippen LogP contribution >= 0.6 is 0 Å². The molecule has 0 saturated heterocycles. The molecule has 4 nitrogen and oxygen atoms in total. The van der Waals surface area contributed by atoms with Gasteiger partial charge in [0.25, 0.3) is 0 Å². The summed E-state index contributed by atoms with van der Waals surface area (Å²) in [7, 11) is 0. The molecule has 0 aliphatic rings. The summed E-state index contributed by atoms with van der Waals surface area (Å²) in [5, 5.41) is 17.9. The second-order valence-corrected chi connectivity index (χ2v) is 1.82. The Bertz CT molecular complexity index is 129. The van der Waals surface area contributed by atoms with Gasteiger partial charge in [-0.15, -0.1) is 0 Å². The lowest BCUT2D eigenvalue weighted by Gasteiger charge is -2.07. The predicted molar refractivity (Wildman–Crippen MR) is 26.4 cm³/mol. The molecule has 0 aromatic heterocycles. The van der Waals surface area contributed by atoms with Crippen molar-refractivity contribution in [3.63, 3.8) is 0 Å². The van der Waals surface area contributed by atoms with Crippen molar-refractivity contribution in [1.29, 1.82) is 0 Å². The van der Waals surface area contributed by atoms with Gasteiger partial charge in [0.05, 0.1) is 6.42 Å². The maximum absolute atomic E-state index is 9.86. The number of hydrogen-bond donors (Lipinski definition) is 1. The van der Waals surface area contributed by atoms with Crippen molar-refractivity contribution in [1.82, 2.24) is 0 Å². The fraction of sp³-hybridized carbons (Fsp3) is 0.600. The maximum atomic E-state index is 9.86. The number of carbonyl (C=O) groups excluding carboxylic acids is 1. The van der Waals surface area contributed by atoms with Gasteiger partial charge in [0.1, 0.15) is 0 Å². The Morgan fingerprint density at radius 2 is 2.11 bits per heavy atom. The molecule has 0 aromatic carbocycles. The molecule has 1 atom stereocenters. The summed E-state index contributed by atoms with van der Waals surface area (Å²) in [5.74, 6) is -3.34. The van der Waals surface area contributed by atoms with Gasteiger partial charge in [-0.3, -0.25) is 4.79 Å². The summed E-state index contributed by atoms with van der Waals surface area (Å²) >= 11 is 0. The van der Waals surface area contributed by atoms with Crippen LogP contribution in [0.15, 0.2) is 0 Å². The van der Waals surface area contributed by atoms with Crippen molar-refractivity contribution >= 4 is 11.9 Å². The Balaban J connectivity index is 3.63. The van der Waals surface area contributed by atoms with E-state index in [-0.39, 0.29) is 6.42 Å². The number of hydrogen-bond acceptors (Lipinski definition) is 3. The molecule has 0 spiro atoms. The number of carbonyl (C=O) groups is 2. The zero-order valence-electron chi connectivity index (χ0n) is 4.96. The molecule has 0 radical (unpaired) electrons. The second kappa shape index (κ2) is 3.06. The molecule has 4 heteroatoms. The molecule has 1 N–H and O–H groups in total. The third-order valence-electron chi connectivity index (χ3n) is 0.883. The first kappa shape index (κ1) is 7.94. The largest absolute Gasteiger partial charge is 0.550 e. The number of carboxylic acids is 2. The highest BCUT2D eigenvalue weighted by molar-refractivity contribution is 5.76. The Kier molecular flexibility index (Phi) is 2.70. The van der Waals surface area contributed by atoms with Crippen molar-refractivity contribution in [3.8, 4) is 0 Å². The summed E-state index contributed by atoms with van der Waals surface area (Å²) in [6.07, 6.45) is -0.373. The Morgan fingerprint density at radius 1 is 1.67 bits per heavy atom. The van der Waals surface area contributed by atoms with E-state index < -0.39 is 17.9 Å². The Hall–Kier alpha value is -1.06. The maximum Gasteiger partial charge on any atom is 0.303 e. The number of carboxylic acid groups (broad SMARTS) is 2. The fourth-order valence-corrected chi connectivity index (χ4v) is 0.345. The van der Waals surface area contributed by atoms with Crippen molar-refractivity contribution in [2.45, 2.75) is 13.3 Å². The topological polar surface area (TPSA) is 77.4 Å². The first-order valence-electron chi connectivity index (χ1n) is 2.46. The molecule has 0 aliphatic heterocycles. The normalized spacial score (nSPS) is 12.6. The van der Waals surface area contributed by atoms with E-state index in [1.165, 1.54) is 6.92 Å². The molecule has 0 rings (SSSR count). The monoisotopic (exact) mass is 131 g/mol. The summed E-state index contributed by atoms with van der Waals surface area (Å²) in [5.41, 5.74) is 0. The van der Waals surface area contributed by atoms with E-state index in [0.29, 0.717) is 0 Å². The average Bonchev–Trinajstić information content (AvgIpc) is 1.63. The smallest absolute Gasteiger partial charge is 0.303 e. The van der Waals surface area contributed by atoms with Crippen molar-refractivity contribution in [3.05, 3.63) is 0 Å². The Morgan fingerprint density at radius 3 is 2.22 bits per heavy atom. The van der Waals surface area contributed by atoms with E-state index in [4.69, 9.17) is 5.11 Å². The van der Waals surface area contributed by atoms with Crippen LogP contribution in [-0.2, 0) is 9.59 Å². The van der Waals surface area contributed by atoms with Gasteiger partial charge in [-0.1, -0.05) is 6.92 Å². The number of rotatable bonds is 3. The minimum absolute atomic E-state index is 0.373. The van der Waals surface area contributed by atoms with E-state index in [2.05, 4.69) is 0 Å². The second-order valence-electron chi connectivity index (χ2n) is 1.82. The molecule has 52 valence electrons. The highest BCUT2D eigenvalue weighted by Gasteiger charge is 2.06. The van der Waals surface area contributed by atoms with E-state index in [1.54, 1.807) is 0 Å². The van der Waals surface area contributed by atoms with Crippen LogP contribution in [0.2, 0.25) is 0 Å². The van der Waals surface area contributed by atoms with Crippen LogP contribution in [-0.4, -0.2) is 17.0 Å². The zero-order chi connectivity index (χ0) is 7.44. The average molecular weight is 131 g/mol. The van der Waals surface area contributed by atoms with Gasteiger partial charge in [-0.2, -0.15) is 0 Å². The highest BCUT2D eigenvalue weighted by Crippen LogP contribution is 1.97. The lowest BCUT2D eigenvalue weighted by atomic mass is 10.1. The molecule has 0 aromatic rings. The summed E-state index contributed by atoms with van der Waals surface area (Å²) in [6.45, 7) is 1.30. The lowest BCUT2D eigenvalue weighted by Crippen LogP contribution is -2.30. The fourth-order valence-electron chi connectivity index (χ4n) is 0.345. The van der Waals surface area contributed by atoms with Crippen LogP contribution in [0.3, 0.4) is 0 Å². The van der Waals surface area contributed by atoms with E-state index in [9.17, 15) is 14.7 Å². The van der Waals surface area contributed by atoms with Crippen LogP contribution in [0, 0.1) is 5.92 Å². The molecular weight excluding hydrogens is 124 g/mol. The quantitative estimate of drug-likeness (QED) is 0.524. The standard InChI is InChI=1S/C5H8O4/c1-3(5(8)9)2-4(6)7/h3H,2H2,1H3,(H,6,7)(H,8,9)/p-1/t3-/m0/s1. The lowest BCUT2D eigenvalue weighted by molar-refractivity contribution is -0.311. The van der Waals surface area contributed by atoms with E-state index >= 15 is 0 Å². The van der Waals surface area contributed by atoms with Gasteiger partial charge in [-0.05, 0) is 0 Å². The van der Waals surface area contributed by atoms with Gasteiger partial charge in [0.2, 0.25) is 0 Å². The third-order valence-corrected chi connectivity index (χ3v) is 0.883. The summed E-state index contributed by atoms with van der Waals surface area (Å²) < 4.78 is 0. The molecule has 0 fully saturated rings. The molecule has 0 saturated carbocycles. The minimum Gasteiger partial charge on any atom is -0.550 e. The molecular formula is C5H7O4-. The van der Waals surface area contributed by atoms with Gasteiger partial charge in [-0.25, -0.2) is 0 Å². The van der Waals surface area contributed by atoms with Gasteiger partial charge < -0.3 is 15.0 Å². The molecule has 0 heterocycles. The van der Waals surface area contributed by atoms with Crippen LogP contribution in [0.5, 0.6) is 0 Å². The minimum atomic E-state index is -1.32. The summed E-state index contributed by atoms with van der Waals surface area (Å²) in [6, 6.07) is 0. The van der Waals surface area contributed by atoms with Gasteiger partial charge in [0.15, 0.2) is 0 Å². The van der Waals surface area contributed by atoms with Crippen LogP contribution in [0.25, 0.3) is 0 Å². The molecule has 0 unspecified atom stereocenters. The highest BCUT2D eigenvalue weighted by atomic mass is 16.4. The van der Waals surface area contributed by atoms with Crippen LogP contribution < -0.4 is 5.11 Å². The van der Waals surface area contributed by atoms with Crippen LogP contribution in [0.1, 0.15) is 13.3 Å². The molecule has 0 bridgehead atoms. The molecule has 0 amide bonds.